The summed E-state index contributed by atoms with van der Waals surface area (Å²) in [7, 11) is -2.74. The molecule has 0 saturated heterocycles. The molecule has 0 heterocycles. The van der Waals surface area contributed by atoms with Crippen molar-refractivity contribution in [2.45, 2.75) is 17.9 Å². The summed E-state index contributed by atoms with van der Waals surface area (Å²) in [6, 6.07) is 9.19. The Kier molecular flexibility index (Phi) is 8.66. The number of anilines is 1. The Labute approximate surface area is 220 Å². The molecule has 35 heavy (non-hydrogen) atoms. The van der Waals surface area contributed by atoms with Crippen molar-refractivity contribution in [2.24, 2.45) is 0 Å². The Morgan fingerprint density at radius 1 is 1.17 bits per heavy atom. The Morgan fingerprint density at radius 2 is 1.89 bits per heavy atom. The van der Waals surface area contributed by atoms with Crippen LogP contribution in [0.25, 0.3) is 11.1 Å². The number of sulfonamides is 1. The van der Waals surface area contributed by atoms with Gasteiger partial charge in [0.25, 0.3) is 10.0 Å². The second-order valence-electron chi connectivity index (χ2n) is 7.51. The predicted molar refractivity (Wildman–Crippen MR) is 138 cm³/mol. The Bertz CT molecular complexity index is 1390. The van der Waals surface area contributed by atoms with Gasteiger partial charge in [-0.1, -0.05) is 23.2 Å². The number of carbonyl (C=O) groups is 1. The molecule has 3 rings (SSSR count). The molecule has 0 fully saturated rings. The van der Waals surface area contributed by atoms with Crippen molar-refractivity contribution < 1.29 is 27.4 Å². The summed E-state index contributed by atoms with van der Waals surface area (Å²) in [6.45, 7) is 2.39. The molecule has 7 nitrogen and oxygen atoms in total. The minimum Gasteiger partial charge on any atom is -0.505 e. The first-order chi connectivity index (χ1) is 16.5. The van der Waals surface area contributed by atoms with Crippen molar-refractivity contribution in [1.82, 2.24) is 5.32 Å². The quantitative estimate of drug-likeness (QED) is 0.264. The summed E-state index contributed by atoms with van der Waals surface area (Å²) in [4.78, 5) is 10.5. The first kappa shape index (κ1) is 27.2. The summed E-state index contributed by atoms with van der Waals surface area (Å²) in [6.07, 6.45) is 0.184. The van der Waals surface area contributed by atoms with Crippen molar-refractivity contribution in [2.75, 3.05) is 18.3 Å². The summed E-state index contributed by atoms with van der Waals surface area (Å²) < 4.78 is 48.9. The first-order valence-corrected chi connectivity index (χ1v) is 13.1. The highest BCUT2D eigenvalue weighted by Gasteiger charge is 2.24. The standard InChI is InChI=1S/C23H20BrCl2FN2O5S/c1-12(10-28-2)34-21-4-3-14(25)7-16(21)15-8-20(19(27)9-18(15)26)29-35(32,33)22-6-13(11-30)5-17(24)23(22)31/h3-9,11-12,28-29,31H,10H2,1-2H3/t12-/m0/s1. The summed E-state index contributed by atoms with van der Waals surface area (Å²) >= 11 is 15.5. The molecule has 0 radical (unpaired) electrons. The molecule has 0 saturated carbocycles. The van der Waals surface area contributed by atoms with Crippen LogP contribution in [0.4, 0.5) is 10.1 Å². The molecule has 0 spiro atoms. The number of aldehydes is 1. The van der Waals surface area contributed by atoms with E-state index in [0.717, 1.165) is 12.1 Å². The van der Waals surface area contributed by atoms with E-state index < -0.39 is 32.2 Å². The van der Waals surface area contributed by atoms with Gasteiger partial charge in [0.2, 0.25) is 0 Å². The fourth-order valence-corrected chi connectivity index (χ4v) is 5.51. The fourth-order valence-electron chi connectivity index (χ4n) is 3.26. The zero-order valence-corrected chi connectivity index (χ0v) is 22.3. The highest BCUT2D eigenvalue weighted by Crippen LogP contribution is 2.40. The van der Waals surface area contributed by atoms with Crippen molar-refractivity contribution in [1.29, 1.82) is 0 Å². The van der Waals surface area contributed by atoms with Crippen molar-refractivity contribution in [3.63, 3.8) is 0 Å². The number of hydrogen-bond acceptors (Lipinski definition) is 6. The number of likely N-dealkylation sites (N-methyl/N-ethyl adjacent to an activating group) is 1. The third-order valence-electron chi connectivity index (χ3n) is 4.83. The van der Waals surface area contributed by atoms with Gasteiger partial charge in [0.1, 0.15) is 34.6 Å². The van der Waals surface area contributed by atoms with Crippen molar-refractivity contribution >= 4 is 61.1 Å². The van der Waals surface area contributed by atoms with Gasteiger partial charge in [0, 0.05) is 28.3 Å². The van der Waals surface area contributed by atoms with Gasteiger partial charge in [0.15, 0.2) is 0 Å². The molecular formula is C23H20BrCl2FN2O5S. The second-order valence-corrected chi connectivity index (χ2v) is 10.9. The van der Waals surface area contributed by atoms with Gasteiger partial charge in [0.05, 0.1) is 15.2 Å². The smallest absolute Gasteiger partial charge is 0.265 e. The van der Waals surface area contributed by atoms with E-state index >= 15 is 0 Å². The van der Waals surface area contributed by atoms with Crippen LogP contribution in [-0.2, 0) is 10.0 Å². The lowest BCUT2D eigenvalue weighted by Gasteiger charge is -2.19. The third kappa shape index (κ3) is 6.25. The number of phenolic OH excluding ortho intramolecular Hbond substituents is 1. The number of phenols is 1. The number of aromatic hydroxyl groups is 1. The van der Waals surface area contributed by atoms with Gasteiger partial charge in [-0.05, 0) is 72.4 Å². The van der Waals surface area contributed by atoms with E-state index in [4.69, 9.17) is 27.9 Å². The van der Waals surface area contributed by atoms with Crippen molar-refractivity contribution in [3.8, 4) is 22.6 Å². The molecule has 0 aliphatic heterocycles. The lowest BCUT2D eigenvalue weighted by atomic mass is 10.0. The molecule has 3 aromatic rings. The highest BCUT2D eigenvalue weighted by atomic mass is 79.9. The molecule has 0 aliphatic carbocycles. The first-order valence-electron chi connectivity index (χ1n) is 10.1. The predicted octanol–water partition coefficient (Wildman–Crippen LogP) is 5.87. The molecule has 3 aromatic carbocycles. The molecule has 0 amide bonds. The molecule has 3 N–H and O–H groups in total. The average Bonchev–Trinajstić information content (AvgIpc) is 2.78. The van der Waals surface area contributed by atoms with Gasteiger partial charge < -0.3 is 15.2 Å². The number of rotatable bonds is 9. The Balaban J connectivity index is 2.10. The topological polar surface area (TPSA) is 105 Å². The SMILES string of the molecule is CNC[C@H](C)Oc1ccc(Cl)cc1-c1cc(NS(=O)(=O)c2cc(C=O)cc(Br)c2O)c(F)cc1Cl. The van der Waals surface area contributed by atoms with Crippen LogP contribution in [0.5, 0.6) is 11.5 Å². The summed E-state index contributed by atoms with van der Waals surface area (Å²) in [5.74, 6) is -1.19. The minimum absolute atomic E-state index is 0.00706. The maximum absolute atomic E-state index is 14.8. The monoisotopic (exact) mass is 604 g/mol. The Hall–Kier alpha value is -2.37. The molecular weight excluding hydrogens is 586 g/mol. The van der Waals surface area contributed by atoms with Crippen LogP contribution >= 0.6 is 39.1 Å². The number of hydrogen-bond donors (Lipinski definition) is 3. The van der Waals surface area contributed by atoms with Gasteiger partial charge in [-0.3, -0.25) is 9.52 Å². The van der Waals surface area contributed by atoms with Crippen molar-refractivity contribution in [3.05, 3.63) is 68.4 Å². The highest BCUT2D eigenvalue weighted by molar-refractivity contribution is 9.10. The lowest BCUT2D eigenvalue weighted by molar-refractivity contribution is 0.112. The lowest BCUT2D eigenvalue weighted by Crippen LogP contribution is -2.26. The summed E-state index contributed by atoms with van der Waals surface area (Å²) in [5, 5.41) is 13.6. The van der Waals surface area contributed by atoms with Crippen LogP contribution in [0.1, 0.15) is 17.3 Å². The number of ether oxygens (including phenoxy) is 1. The minimum atomic E-state index is -4.52. The third-order valence-corrected chi connectivity index (χ3v) is 7.36. The van der Waals surface area contributed by atoms with Crippen LogP contribution in [-0.4, -0.2) is 39.5 Å². The zero-order chi connectivity index (χ0) is 25.9. The van der Waals surface area contributed by atoms with Crippen LogP contribution in [0, 0.1) is 5.82 Å². The number of carbonyl (C=O) groups excluding carboxylic acids is 1. The van der Waals surface area contributed by atoms with Gasteiger partial charge >= 0.3 is 0 Å². The van der Waals surface area contributed by atoms with Gasteiger partial charge in [-0.15, -0.1) is 0 Å². The van der Waals surface area contributed by atoms with Gasteiger partial charge in [-0.25, -0.2) is 12.8 Å². The molecule has 0 aromatic heterocycles. The largest absolute Gasteiger partial charge is 0.505 e. The van der Waals surface area contributed by atoms with E-state index in [-0.39, 0.29) is 26.7 Å². The van der Waals surface area contributed by atoms with Crippen LogP contribution < -0.4 is 14.8 Å². The van der Waals surface area contributed by atoms with E-state index in [9.17, 15) is 22.7 Å². The normalized spacial score (nSPS) is 12.3. The average molecular weight is 606 g/mol. The number of benzene rings is 3. The molecule has 0 unspecified atom stereocenters. The zero-order valence-electron chi connectivity index (χ0n) is 18.4. The van der Waals surface area contributed by atoms with Crippen LogP contribution in [0.3, 0.4) is 0 Å². The van der Waals surface area contributed by atoms with E-state index in [0.29, 0.717) is 29.2 Å². The molecule has 12 heteroatoms. The van der Waals surface area contributed by atoms with E-state index in [1.54, 1.807) is 25.2 Å². The molecule has 1 atom stereocenters. The molecule has 186 valence electrons. The molecule has 0 bridgehead atoms. The van der Waals surface area contributed by atoms with E-state index in [1.165, 1.54) is 12.1 Å². The van der Waals surface area contributed by atoms with E-state index in [2.05, 4.69) is 26.0 Å². The maximum atomic E-state index is 14.8. The Morgan fingerprint density at radius 3 is 2.54 bits per heavy atom. The van der Waals surface area contributed by atoms with Gasteiger partial charge in [-0.2, -0.15) is 0 Å². The second kappa shape index (κ2) is 11.1. The van der Waals surface area contributed by atoms with Crippen LogP contribution in [0.15, 0.2) is 51.8 Å². The molecule has 0 aliphatic rings. The number of halogens is 4. The maximum Gasteiger partial charge on any atom is 0.265 e. The van der Waals surface area contributed by atoms with E-state index in [1.807, 2.05) is 6.92 Å². The van der Waals surface area contributed by atoms with Crippen LogP contribution in [0.2, 0.25) is 10.0 Å². The number of nitrogens with one attached hydrogen (secondary N) is 2. The summed E-state index contributed by atoms with van der Waals surface area (Å²) in [5.41, 5.74) is 0.223. The fraction of sp³-hybridized carbons (Fsp3) is 0.174.